The molecule has 4 rings (SSSR count). The molecule has 0 aliphatic rings. The van der Waals surface area contributed by atoms with E-state index in [0.717, 1.165) is 12.8 Å². The highest BCUT2D eigenvalue weighted by Gasteiger charge is 2.19. The van der Waals surface area contributed by atoms with Gasteiger partial charge in [-0.2, -0.15) is 0 Å². The lowest BCUT2D eigenvalue weighted by molar-refractivity contribution is 0.930. The van der Waals surface area contributed by atoms with Crippen molar-refractivity contribution in [1.82, 2.24) is 0 Å². The van der Waals surface area contributed by atoms with Crippen LogP contribution in [0.5, 0.6) is 0 Å². The van der Waals surface area contributed by atoms with Crippen molar-refractivity contribution in [2.45, 2.75) is 23.3 Å². The molecule has 0 N–H and O–H groups in total. The first kappa shape index (κ1) is 20.8. The van der Waals surface area contributed by atoms with E-state index < -0.39 is 0 Å². The van der Waals surface area contributed by atoms with Crippen LogP contribution in [0.2, 0.25) is 0 Å². The van der Waals surface area contributed by atoms with Crippen molar-refractivity contribution in [3.63, 3.8) is 0 Å². The van der Waals surface area contributed by atoms with Gasteiger partial charge in [0.2, 0.25) is 0 Å². The van der Waals surface area contributed by atoms with Gasteiger partial charge < -0.3 is 0 Å². The lowest BCUT2D eigenvalue weighted by atomic mass is 10.0. The molecule has 0 fully saturated rings. The Balaban J connectivity index is 1.54. The minimum Gasteiger partial charge on any atom is -0.0849 e. The van der Waals surface area contributed by atoms with E-state index in [-0.39, 0.29) is 0 Å². The van der Waals surface area contributed by atoms with Gasteiger partial charge in [0.05, 0.1) is 0 Å². The molecule has 4 aromatic carbocycles. The molecule has 0 radical (unpaired) electrons. The van der Waals surface area contributed by atoms with Crippen LogP contribution in [0.25, 0.3) is 0 Å². The highest BCUT2D eigenvalue weighted by atomic mass is 33.1. The van der Waals surface area contributed by atoms with Gasteiger partial charge >= 0.3 is 0 Å². The zero-order chi connectivity index (χ0) is 20.4. The smallest absolute Gasteiger partial charge is 0.0441 e. The fourth-order valence-corrected chi connectivity index (χ4v) is 6.75. The lowest BCUT2D eigenvalue weighted by Crippen LogP contribution is -2.01. The van der Waals surface area contributed by atoms with Crippen LogP contribution < -0.4 is 0 Å². The largest absolute Gasteiger partial charge is 0.0849 e. The Kier molecular flexibility index (Phi) is 7.71. The number of hydrogen-bond acceptors (Lipinski definition) is 2. The molecule has 0 spiro atoms. The second kappa shape index (κ2) is 11.1. The van der Waals surface area contributed by atoms with Crippen LogP contribution in [0.1, 0.15) is 32.8 Å². The van der Waals surface area contributed by atoms with Gasteiger partial charge in [-0.15, -0.1) is 0 Å². The van der Waals surface area contributed by atoms with Crippen molar-refractivity contribution in [2.75, 3.05) is 0 Å². The number of rotatable bonds is 9. The van der Waals surface area contributed by atoms with E-state index in [9.17, 15) is 0 Å². The van der Waals surface area contributed by atoms with Crippen LogP contribution in [0.4, 0.5) is 0 Å². The van der Waals surface area contributed by atoms with Crippen molar-refractivity contribution in [1.29, 1.82) is 0 Å². The first-order valence-electron chi connectivity index (χ1n) is 10.4. The second-order valence-corrected chi connectivity index (χ2v) is 10.0. The molecule has 0 aromatic heterocycles. The molecule has 0 aliphatic carbocycles. The third-order valence-electron chi connectivity index (χ3n) is 5.16. The Labute approximate surface area is 188 Å². The Bertz CT molecular complexity index is 901. The molecular weight excluding hydrogens is 400 g/mol. The van der Waals surface area contributed by atoms with Crippen molar-refractivity contribution >= 4 is 21.6 Å². The molecule has 4 aromatic rings. The SMILES string of the molecule is c1ccc(CC(SSC(Cc2ccccc2)c2ccccc2)c2ccccc2)cc1. The molecule has 30 heavy (non-hydrogen) atoms. The van der Waals surface area contributed by atoms with Gasteiger partial charge in [-0.25, -0.2) is 0 Å². The minimum atomic E-state index is 0.417. The standard InChI is InChI=1S/C28H26S2/c1-5-13-23(14-6-1)21-27(25-17-9-3-10-18-25)29-30-28(26-19-11-4-12-20-26)22-24-15-7-2-8-16-24/h1-20,27-28H,21-22H2. The maximum absolute atomic E-state index is 2.26. The fourth-order valence-electron chi connectivity index (χ4n) is 3.54. The molecule has 0 amide bonds. The molecule has 0 heterocycles. The third kappa shape index (κ3) is 6.04. The van der Waals surface area contributed by atoms with E-state index in [2.05, 4.69) is 121 Å². The highest BCUT2D eigenvalue weighted by Crippen LogP contribution is 2.48. The van der Waals surface area contributed by atoms with Gasteiger partial charge in [0.15, 0.2) is 0 Å². The predicted octanol–water partition coefficient (Wildman–Crippen LogP) is 8.34. The summed E-state index contributed by atoms with van der Waals surface area (Å²) in [5.41, 5.74) is 5.56. The summed E-state index contributed by atoms with van der Waals surface area (Å²) >= 11 is 0. The summed E-state index contributed by atoms with van der Waals surface area (Å²) in [4.78, 5) is 0. The van der Waals surface area contributed by atoms with Crippen molar-refractivity contribution in [2.24, 2.45) is 0 Å². The molecule has 0 nitrogen and oxygen atoms in total. The van der Waals surface area contributed by atoms with Gasteiger partial charge in [-0.1, -0.05) is 143 Å². The summed E-state index contributed by atoms with van der Waals surface area (Å²) in [5.74, 6) is 0. The summed E-state index contributed by atoms with van der Waals surface area (Å²) in [6.07, 6.45) is 2.07. The average molecular weight is 427 g/mol. The molecule has 0 bridgehead atoms. The number of hydrogen-bond donors (Lipinski definition) is 0. The minimum absolute atomic E-state index is 0.417. The van der Waals surface area contributed by atoms with Gasteiger partial charge in [0.1, 0.15) is 0 Å². The topological polar surface area (TPSA) is 0 Å². The predicted molar refractivity (Wildman–Crippen MR) is 134 cm³/mol. The molecular formula is C28H26S2. The quantitative estimate of drug-likeness (QED) is 0.247. The van der Waals surface area contributed by atoms with Crippen LogP contribution in [-0.4, -0.2) is 0 Å². The molecule has 0 saturated heterocycles. The first-order chi connectivity index (χ1) is 14.9. The van der Waals surface area contributed by atoms with Gasteiger partial charge in [-0.3, -0.25) is 0 Å². The molecule has 2 unspecified atom stereocenters. The summed E-state index contributed by atoms with van der Waals surface area (Å²) in [6, 6.07) is 43.5. The zero-order valence-corrected chi connectivity index (χ0v) is 18.6. The van der Waals surface area contributed by atoms with Crippen LogP contribution in [-0.2, 0) is 12.8 Å². The normalized spacial score (nSPS) is 12.9. The van der Waals surface area contributed by atoms with Crippen LogP contribution in [0.15, 0.2) is 121 Å². The maximum Gasteiger partial charge on any atom is 0.0441 e. The van der Waals surface area contributed by atoms with E-state index in [1.807, 2.05) is 21.6 Å². The molecule has 0 aliphatic heterocycles. The molecule has 2 atom stereocenters. The highest BCUT2D eigenvalue weighted by molar-refractivity contribution is 8.76. The summed E-state index contributed by atoms with van der Waals surface area (Å²) < 4.78 is 0. The molecule has 2 heteroatoms. The van der Waals surface area contributed by atoms with Crippen LogP contribution in [0, 0.1) is 0 Å². The second-order valence-electron chi connectivity index (χ2n) is 7.37. The van der Waals surface area contributed by atoms with E-state index in [0.29, 0.717) is 10.5 Å². The monoisotopic (exact) mass is 426 g/mol. The van der Waals surface area contributed by atoms with Crippen molar-refractivity contribution < 1.29 is 0 Å². The number of benzene rings is 4. The van der Waals surface area contributed by atoms with Gasteiger partial charge in [0.25, 0.3) is 0 Å². The van der Waals surface area contributed by atoms with E-state index >= 15 is 0 Å². The molecule has 150 valence electrons. The Morgan fingerprint density at radius 3 is 1.03 bits per heavy atom. The van der Waals surface area contributed by atoms with Crippen LogP contribution >= 0.6 is 21.6 Å². The van der Waals surface area contributed by atoms with E-state index in [4.69, 9.17) is 0 Å². The third-order valence-corrected chi connectivity index (χ3v) is 8.34. The van der Waals surface area contributed by atoms with E-state index in [1.165, 1.54) is 22.3 Å². The summed E-state index contributed by atoms with van der Waals surface area (Å²) in [5, 5.41) is 0.834. The Morgan fingerprint density at radius 2 is 0.700 bits per heavy atom. The Hall–Kier alpha value is -2.42. The summed E-state index contributed by atoms with van der Waals surface area (Å²) in [6.45, 7) is 0. The maximum atomic E-state index is 2.26. The fraction of sp³-hybridized carbons (Fsp3) is 0.143. The van der Waals surface area contributed by atoms with E-state index in [1.54, 1.807) is 0 Å². The summed E-state index contributed by atoms with van der Waals surface area (Å²) in [7, 11) is 4.02. The van der Waals surface area contributed by atoms with Gasteiger partial charge in [0, 0.05) is 10.5 Å². The lowest BCUT2D eigenvalue weighted by Gasteiger charge is -2.22. The average Bonchev–Trinajstić information content (AvgIpc) is 2.83. The molecule has 0 saturated carbocycles. The Morgan fingerprint density at radius 1 is 0.400 bits per heavy atom. The van der Waals surface area contributed by atoms with Crippen LogP contribution in [0.3, 0.4) is 0 Å². The first-order valence-corrected chi connectivity index (χ1v) is 12.7. The van der Waals surface area contributed by atoms with Gasteiger partial charge in [-0.05, 0) is 35.1 Å². The zero-order valence-electron chi connectivity index (χ0n) is 16.9. The van der Waals surface area contributed by atoms with Crippen molar-refractivity contribution in [3.8, 4) is 0 Å². The van der Waals surface area contributed by atoms with Crippen molar-refractivity contribution in [3.05, 3.63) is 144 Å².